The number of hydrogen-bond donors (Lipinski definition) is 2. The smallest absolute Gasteiger partial charge is 0.284 e. The van der Waals surface area contributed by atoms with Crippen LogP contribution < -0.4 is 10.2 Å². The number of piperidine rings is 1. The molecular formula is C25H26Cl2FN3O3. The molecule has 0 radical (unpaired) electrons. The number of pyridine rings is 1. The number of carbonyl (C=O) groups excluding carboxylic acids is 1. The molecule has 0 spiro atoms. The monoisotopic (exact) mass is 505 g/mol. The van der Waals surface area contributed by atoms with E-state index < -0.39 is 11.9 Å². The van der Waals surface area contributed by atoms with E-state index in [9.17, 15) is 14.3 Å². The number of halogens is 3. The van der Waals surface area contributed by atoms with E-state index in [1.54, 1.807) is 24.3 Å². The predicted octanol–water partition coefficient (Wildman–Crippen LogP) is 5.26. The number of ether oxygens (including phenoxy) is 1. The molecule has 1 saturated heterocycles. The van der Waals surface area contributed by atoms with Crippen molar-refractivity contribution in [2.75, 3.05) is 19.7 Å². The Hall–Kier alpha value is -2.45. The fraction of sp³-hybridized carbons (Fsp3) is 0.360. The van der Waals surface area contributed by atoms with E-state index in [1.165, 1.54) is 12.1 Å². The molecule has 2 aromatic carbocycles. The third kappa shape index (κ3) is 6.57. The number of aliphatic hydroxyl groups is 1. The number of fused-ring (bicyclic) bond motifs is 1. The highest BCUT2D eigenvalue weighted by Crippen LogP contribution is 2.24. The minimum Gasteiger partial charge on any atom is -0.491 e. The second-order valence-electron chi connectivity index (χ2n) is 8.52. The molecular weight excluding hydrogens is 480 g/mol. The van der Waals surface area contributed by atoms with Crippen molar-refractivity contribution in [3.05, 3.63) is 70.1 Å². The van der Waals surface area contributed by atoms with Crippen molar-refractivity contribution >= 4 is 40.0 Å². The maximum Gasteiger partial charge on any atom is 0.284 e. The second kappa shape index (κ2) is 11.3. The Labute approximate surface area is 207 Å². The summed E-state index contributed by atoms with van der Waals surface area (Å²) in [5.74, 6) is 0.0179. The lowest BCUT2D eigenvalue weighted by atomic mass is 9.92. The Morgan fingerprint density at radius 2 is 1.97 bits per heavy atom. The van der Waals surface area contributed by atoms with Crippen molar-refractivity contribution in [3.8, 4) is 5.75 Å². The van der Waals surface area contributed by atoms with Crippen LogP contribution >= 0.6 is 23.2 Å². The van der Waals surface area contributed by atoms with Gasteiger partial charge >= 0.3 is 0 Å². The molecule has 180 valence electrons. The number of nitrogens with one attached hydrogen (secondary N) is 1. The first-order valence-corrected chi connectivity index (χ1v) is 12.0. The second-order valence-corrected chi connectivity index (χ2v) is 9.37. The Morgan fingerprint density at radius 3 is 2.74 bits per heavy atom. The fourth-order valence-corrected chi connectivity index (χ4v) is 4.33. The summed E-state index contributed by atoms with van der Waals surface area (Å²) in [5.41, 5.74) is 4.02. The van der Waals surface area contributed by atoms with Crippen molar-refractivity contribution in [2.24, 2.45) is 5.92 Å². The van der Waals surface area contributed by atoms with Crippen molar-refractivity contribution < 1.29 is 19.0 Å². The van der Waals surface area contributed by atoms with Gasteiger partial charge in [0.1, 0.15) is 23.9 Å². The highest BCUT2D eigenvalue weighted by molar-refractivity contribution is 6.31. The van der Waals surface area contributed by atoms with Crippen LogP contribution in [0, 0.1) is 11.7 Å². The largest absolute Gasteiger partial charge is 0.491 e. The number of carbonyl (C=O) groups is 1. The quantitative estimate of drug-likeness (QED) is 0.436. The lowest BCUT2D eigenvalue weighted by Gasteiger charge is -2.32. The standard InChI is InChI=1S/C25H26Cl2FN3O3/c26-18-3-8-23-17(13-18)2-7-24(29-23)25(33)30-31-11-9-16(10-12-31)1-4-19(32)15-34-20-5-6-21(27)22(28)14-20/h2-3,5-8,13-14,16,19,32H,1,4,9-12,15H2,(H,30,33). The first-order chi connectivity index (χ1) is 16.4. The van der Waals surface area contributed by atoms with Gasteiger partial charge in [0.25, 0.3) is 5.91 Å². The van der Waals surface area contributed by atoms with Crippen LogP contribution in [0.2, 0.25) is 10.0 Å². The third-order valence-electron chi connectivity index (χ3n) is 6.00. The minimum absolute atomic E-state index is 0.0364. The number of benzene rings is 2. The summed E-state index contributed by atoms with van der Waals surface area (Å²) in [5, 5.41) is 13.7. The van der Waals surface area contributed by atoms with Crippen molar-refractivity contribution in [2.45, 2.75) is 31.8 Å². The van der Waals surface area contributed by atoms with Crippen LogP contribution in [0.5, 0.6) is 5.75 Å². The van der Waals surface area contributed by atoms with Crippen LogP contribution in [0.25, 0.3) is 10.9 Å². The topological polar surface area (TPSA) is 74.7 Å². The summed E-state index contributed by atoms with van der Waals surface area (Å²) in [4.78, 5) is 17.1. The third-order valence-corrected chi connectivity index (χ3v) is 6.54. The number of amides is 1. The van der Waals surface area contributed by atoms with Crippen LogP contribution in [0.4, 0.5) is 4.39 Å². The van der Waals surface area contributed by atoms with Gasteiger partial charge in [-0.15, -0.1) is 0 Å². The number of hydrogen-bond acceptors (Lipinski definition) is 5. The molecule has 1 unspecified atom stereocenters. The SMILES string of the molecule is O=C(NN1CCC(CCC(O)COc2ccc(Cl)c(F)c2)CC1)c1ccc2cc(Cl)ccc2n1. The molecule has 9 heteroatoms. The molecule has 1 aliphatic rings. The van der Waals surface area contributed by atoms with Gasteiger partial charge in [-0.3, -0.25) is 10.2 Å². The molecule has 4 rings (SSSR count). The first-order valence-electron chi connectivity index (χ1n) is 11.3. The molecule has 0 saturated carbocycles. The Morgan fingerprint density at radius 1 is 1.18 bits per heavy atom. The van der Waals surface area contributed by atoms with Gasteiger partial charge in [0.2, 0.25) is 0 Å². The summed E-state index contributed by atoms with van der Waals surface area (Å²) in [6.45, 7) is 1.56. The summed E-state index contributed by atoms with van der Waals surface area (Å²) in [7, 11) is 0. The Kier molecular flexibility index (Phi) is 8.21. The molecule has 2 heterocycles. The number of aromatic nitrogens is 1. The van der Waals surface area contributed by atoms with E-state index in [4.69, 9.17) is 27.9 Å². The highest BCUT2D eigenvalue weighted by Gasteiger charge is 2.22. The van der Waals surface area contributed by atoms with Gasteiger partial charge < -0.3 is 9.84 Å². The number of rotatable bonds is 8. The predicted molar refractivity (Wildman–Crippen MR) is 131 cm³/mol. The van der Waals surface area contributed by atoms with E-state index in [-0.39, 0.29) is 17.5 Å². The van der Waals surface area contributed by atoms with Crippen molar-refractivity contribution in [1.82, 2.24) is 15.4 Å². The normalized spacial score (nSPS) is 15.9. The fourth-order valence-electron chi connectivity index (χ4n) is 4.03. The molecule has 1 atom stereocenters. The Bertz CT molecular complexity index is 1160. The van der Waals surface area contributed by atoms with Gasteiger partial charge in [-0.1, -0.05) is 29.3 Å². The lowest BCUT2D eigenvalue weighted by Crippen LogP contribution is -2.46. The van der Waals surface area contributed by atoms with E-state index in [0.717, 1.165) is 43.3 Å². The average molecular weight is 506 g/mol. The first kappa shape index (κ1) is 24.7. The zero-order chi connectivity index (χ0) is 24.1. The van der Waals surface area contributed by atoms with E-state index in [2.05, 4.69) is 10.4 Å². The average Bonchev–Trinajstić information content (AvgIpc) is 2.84. The maximum atomic E-state index is 13.5. The molecule has 1 fully saturated rings. The molecule has 0 bridgehead atoms. The molecule has 3 aromatic rings. The molecule has 1 amide bonds. The van der Waals surface area contributed by atoms with Gasteiger partial charge in [-0.2, -0.15) is 0 Å². The van der Waals surface area contributed by atoms with Crippen LogP contribution in [0.15, 0.2) is 48.5 Å². The summed E-state index contributed by atoms with van der Waals surface area (Å²) < 4.78 is 18.9. The summed E-state index contributed by atoms with van der Waals surface area (Å²) in [6, 6.07) is 13.1. The van der Waals surface area contributed by atoms with E-state index in [1.807, 2.05) is 17.1 Å². The van der Waals surface area contributed by atoms with Crippen LogP contribution in [0.3, 0.4) is 0 Å². The minimum atomic E-state index is -0.634. The molecule has 34 heavy (non-hydrogen) atoms. The molecule has 1 aromatic heterocycles. The zero-order valence-electron chi connectivity index (χ0n) is 18.5. The van der Waals surface area contributed by atoms with Gasteiger partial charge in [0, 0.05) is 29.6 Å². The number of hydrazine groups is 1. The zero-order valence-corrected chi connectivity index (χ0v) is 20.0. The molecule has 6 nitrogen and oxygen atoms in total. The van der Waals surface area contributed by atoms with Crippen molar-refractivity contribution in [1.29, 1.82) is 0 Å². The van der Waals surface area contributed by atoms with Crippen LogP contribution in [-0.2, 0) is 0 Å². The molecule has 1 aliphatic heterocycles. The maximum absolute atomic E-state index is 13.5. The molecule has 0 aliphatic carbocycles. The van der Waals surface area contributed by atoms with Gasteiger partial charge in [-0.25, -0.2) is 14.4 Å². The number of aliphatic hydroxyl groups excluding tert-OH is 1. The van der Waals surface area contributed by atoms with Crippen LogP contribution in [-0.4, -0.2) is 46.8 Å². The summed E-state index contributed by atoms with van der Waals surface area (Å²) >= 11 is 11.7. The highest BCUT2D eigenvalue weighted by atomic mass is 35.5. The van der Waals surface area contributed by atoms with Crippen molar-refractivity contribution in [3.63, 3.8) is 0 Å². The van der Waals surface area contributed by atoms with E-state index in [0.29, 0.717) is 28.8 Å². The number of nitrogens with zero attached hydrogens (tertiary/aromatic N) is 2. The molecule has 2 N–H and O–H groups in total. The van der Waals surface area contributed by atoms with Crippen LogP contribution in [0.1, 0.15) is 36.2 Å². The van der Waals surface area contributed by atoms with E-state index >= 15 is 0 Å². The van der Waals surface area contributed by atoms with Gasteiger partial charge in [0.15, 0.2) is 0 Å². The van der Waals surface area contributed by atoms with Gasteiger partial charge in [0.05, 0.1) is 16.6 Å². The summed E-state index contributed by atoms with van der Waals surface area (Å²) in [6.07, 6.45) is 2.65. The lowest BCUT2D eigenvalue weighted by molar-refractivity contribution is 0.0643. The Balaban J connectivity index is 1.18. The van der Waals surface area contributed by atoms with Gasteiger partial charge in [-0.05, 0) is 68.0 Å².